The number of aromatic nitrogens is 3. The zero-order valence-electron chi connectivity index (χ0n) is 19.0. The van der Waals surface area contributed by atoms with Crippen molar-refractivity contribution in [2.75, 3.05) is 19.6 Å². The first-order chi connectivity index (χ1) is 16.1. The number of fused-ring (bicyclic) bond motifs is 1. The number of nitrogens with one attached hydrogen (secondary N) is 1. The fourth-order valence-electron chi connectivity index (χ4n) is 5.46. The van der Waals surface area contributed by atoms with Crippen LogP contribution in [-0.4, -0.2) is 56.2 Å². The molecule has 4 heterocycles. The topological polar surface area (TPSA) is 99.3 Å². The molecule has 0 radical (unpaired) electrons. The number of nitrogens with zero attached hydrogens (tertiary/aromatic N) is 4. The predicted octanol–water partition coefficient (Wildman–Crippen LogP) is 2.65. The summed E-state index contributed by atoms with van der Waals surface area (Å²) >= 11 is 0. The standard InChI is InChI=1S/C25H31N5O3/c31-23-20-16-30(25(33)19-7-4-11-26-15-19)14-10-21(20)27-22(28-23)17-8-12-29(13-9-17)24(32)18-5-2-1-3-6-18/h4,7,11,15,17-18H,1-3,5-6,8-10,12-14,16H2,(H,27,28,31). The molecular weight excluding hydrogens is 418 g/mol. The number of aromatic amines is 1. The average molecular weight is 450 g/mol. The second kappa shape index (κ2) is 9.45. The SMILES string of the molecule is O=C(c1cccnc1)N1CCc2nc(C3CCN(C(=O)C4CCCCC4)CC3)[nH]c(=O)c2C1. The molecule has 2 aliphatic heterocycles. The number of rotatable bonds is 3. The van der Waals surface area contributed by atoms with Gasteiger partial charge in [0.1, 0.15) is 5.82 Å². The summed E-state index contributed by atoms with van der Waals surface area (Å²) in [5.41, 5.74) is 1.74. The van der Waals surface area contributed by atoms with Crippen molar-refractivity contribution in [3.8, 4) is 0 Å². The van der Waals surface area contributed by atoms with Crippen LogP contribution in [0.5, 0.6) is 0 Å². The molecule has 2 amide bonds. The minimum atomic E-state index is -0.153. The maximum absolute atomic E-state index is 12.9. The average Bonchev–Trinajstić information content (AvgIpc) is 2.89. The van der Waals surface area contributed by atoms with Crippen molar-refractivity contribution in [3.63, 3.8) is 0 Å². The fourth-order valence-corrected chi connectivity index (χ4v) is 5.46. The smallest absolute Gasteiger partial charge is 0.256 e. The van der Waals surface area contributed by atoms with Crippen LogP contribution in [0.15, 0.2) is 29.3 Å². The molecule has 174 valence electrons. The number of piperidine rings is 1. The highest BCUT2D eigenvalue weighted by Crippen LogP contribution is 2.30. The molecule has 1 saturated carbocycles. The van der Waals surface area contributed by atoms with E-state index in [9.17, 15) is 14.4 Å². The Hall–Kier alpha value is -3.03. The molecule has 0 atom stereocenters. The normalized spacial score (nSPS) is 19.9. The van der Waals surface area contributed by atoms with Gasteiger partial charge in [-0.3, -0.25) is 19.4 Å². The number of hydrogen-bond donors (Lipinski definition) is 1. The second-order valence-electron chi connectivity index (χ2n) is 9.53. The summed E-state index contributed by atoms with van der Waals surface area (Å²) in [6.45, 7) is 2.26. The summed E-state index contributed by atoms with van der Waals surface area (Å²) < 4.78 is 0. The number of likely N-dealkylation sites (tertiary alicyclic amines) is 1. The van der Waals surface area contributed by atoms with Crippen molar-refractivity contribution in [2.45, 2.75) is 63.8 Å². The van der Waals surface area contributed by atoms with Gasteiger partial charge in [0.15, 0.2) is 0 Å². The highest BCUT2D eigenvalue weighted by molar-refractivity contribution is 5.94. The second-order valence-corrected chi connectivity index (χ2v) is 9.53. The van der Waals surface area contributed by atoms with Gasteiger partial charge in [0, 0.05) is 50.3 Å². The van der Waals surface area contributed by atoms with Crippen molar-refractivity contribution in [3.05, 3.63) is 57.5 Å². The van der Waals surface area contributed by atoms with E-state index in [1.165, 1.54) is 19.3 Å². The number of pyridine rings is 1. The van der Waals surface area contributed by atoms with E-state index in [2.05, 4.69) is 9.97 Å². The van der Waals surface area contributed by atoms with Crippen LogP contribution in [0.3, 0.4) is 0 Å². The molecule has 2 aromatic heterocycles. The molecule has 2 aromatic rings. The third-order valence-corrected chi connectivity index (χ3v) is 7.43. The van der Waals surface area contributed by atoms with E-state index in [1.54, 1.807) is 29.4 Å². The summed E-state index contributed by atoms with van der Waals surface area (Å²) in [5, 5.41) is 0. The highest BCUT2D eigenvalue weighted by atomic mass is 16.2. The monoisotopic (exact) mass is 449 g/mol. The summed E-state index contributed by atoms with van der Waals surface area (Å²) in [6, 6.07) is 3.47. The Morgan fingerprint density at radius 1 is 1.00 bits per heavy atom. The molecule has 0 aromatic carbocycles. The van der Waals surface area contributed by atoms with E-state index >= 15 is 0 Å². The van der Waals surface area contributed by atoms with Gasteiger partial charge in [-0.05, 0) is 37.8 Å². The largest absolute Gasteiger partial charge is 0.342 e. The summed E-state index contributed by atoms with van der Waals surface area (Å²) in [5.74, 6) is 1.30. The van der Waals surface area contributed by atoms with Crippen molar-refractivity contribution in [2.24, 2.45) is 5.92 Å². The molecule has 0 spiro atoms. The maximum atomic E-state index is 12.9. The Labute approximate surface area is 193 Å². The van der Waals surface area contributed by atoms with Gasteiger partial charge in [-0.1, -0.05) is 19.3 Å². The lowest BCUT2D eigenvalue weighted by molar-refractivity contribution is -0.137. The van der Waals surface area contributed by atoms with Gasteiger partial charge >= 0.3 is 0 Å². The molecule has 5 rings (SSSR count). The van der Waals surface area contributed by atoms with E-state index in [4.69, 9.17) is 4.98 Å². The number of H-pyrrole nitrogens is 1. The Morgan fingerprint density at radius 3 is 2.52 bits per heavy atom. The van der Waals surface area contributed by atoms with E-state index in [0.29, 0.717) is 30.0 Å². The predicted molar refractivity (Wildman–Crippen MR) is 123 cm³/mol. The van der Waals surface area contributed by atoms with Crippen molar-refractivity contribution >= 4 is 11.8 Å². The lowest BCUT2D eigenvalue weighted by Crippen LogP contribution is -2.43. The number of carbonyl (C=O) groups is 2. The van der Waals surface area contributed by atoms with Crippen LogP contribution in [-0.2, 0) is 17.8 Å². The third-order valence-electron chi connectivity index (χ3n) is 7.43. The van der Waals surface area contributed by atoms with Gasteiger partial charge in [0.05, 0.1) is 23.4 Å². The molecule has 0 unspecified atom stereocenters. The van der Waals surface area contributed by atoms with Crippen molar-refractivity contribution in [1.82, 2.24) is 24.8 Å². The van der Waals surface area contributed by atoms with Crippen molar-refractivity contribution < 1.29 is 9.59 Å². The van der Waals surface area contributed by atoms with Crippen molar-refractivity contribution in [1.29, 1.82) is 0 Å². The van der Waals surface area contributed by atoms with Crippen LogP contribution in [0.25, 0.3) is 0 Å². The minimum Gasteiger partial charge on any atom is -0.342 e. The first-order valence-electron chi connectivity index (χ1n) is 12.2. The number of hydrogen-bond acceptors (Lipinski definition) is 5. The van der Waals surface area contributed by atoms with E-state index in [-0.39, 0.29) is 29.8 Å². The molecule has 1 N–H and O–H groups in total. The van der Waals surface area contributed by atoms with Crippen LogP contribution in [0, 0.1) is 5.92 Å². The molecule has 2 fully saturated rings. The Bertz CT molecular complexity index is 1070. The van der Waals surface area contributed by atoms with Crippen LogP contribution in [0.2, 0.25) is 0 Å². The highest BCUT2D eigenvalue weighted by Gasteiger charge is 2.31. The lowest BCUT2D eigenvalue weighted by atomic mass is 9.87. The van der Waals surface area contributed by atoms with Crippen LogP contribution >= 0.6 is 0 Å². The molecule has 3 aliphatic rings. The summed E-state index contributed by atoms with van der Waals surface area (Å²) in [6.07, 6.45) is 11.0. The Morgan fingerprint density at radius 2 is 1.79 bits per heavy atom. The molecule has 0 bridgehead atoms. The number of amides is 2. The molecule has 33 heavy (non-hydrogen) atoms. The lowest BCUT2D eigenvalue weighted by Gasteiger charge is -2.35. The zero-order valence-corrected chi connectivity index (χ0v) is 19.0. The quantitative estimate of drug-likeness (QED) is 0.777. The van der Waals surface area contributed by atoms with Gasteiger partial charge in [0.25, 0.3) is 11.5 Å². The zero-order chi connectivity index (χ0) is 22.8. The summed E-state index contributed by atoms with van der Waals surface area (Å²) in [7, 11) is 0. The first-order valence-corrected chi connectivity index (χ1v) is 12.2. The van der Waals surface area contributed by atoms with Gasteiger partial charge in [-0.25, -0.2) is 4.98 Å². The Kier molecular flexibility index (Phi) is 6.24. The van der Waals surface area contributed by atoms with Gasteiger partial charge in [-0.2, -0.15) is 0 Å². The summed E-state index contributed by atoms with van der Waals surface area (Å²) in [4.78, 5) is 54.0. The molecular formula is C25H31N5O3. The molecule has 1 aliphatic carbocycles. The molecule has 8 heteroatoms. The third kappa shape index (κ3) is 4.56. The number of carbonyl (C=O) groups excluding carboxylic acids is 2. The first kappa shape index (κ1) is 21.8. The van der Waals surface area contributed by atoms with Crippen LogP contribution < -0.4 is 5.56 Å². The minimum absolute atomic E-state index is 0.118. The van der Waals surface area contributed by atoms with E-state index in [0.717, 1.165) is 50.3 Å². The van der Waals surface area contributed by atoms with Gasteiger partial charge < -0.3 is 14.8 Å². The van der Waals surface area contributed by atoms with Crippen LogP contribution in [0.4, 0.5) is 0 Å². The maximum Gasteiger partial charge on any atom is 0.256 e. The fraction of sp³-hybridized carbons (Fsp3) is 0.560. The molecule has 8 nitrogen and oxygen atoms in total. The van der Waals surface area contributed by atoms with Gasteiger partial charge in [0.2, 0.25) is 5.91 Å². The molecule has 1 saturated heterocycles. The van der Waals surface area contributed by atoms with E-state index in [1.807, 2.05) is 4.90 Å². The van der Waals surface area contributed by atoms with E-state index < -0.39 is 0 Å². The Balaban J connectivity index is 1.24. The van der Waals surface area contributed by atoms with Crippen LogP contribution in [0.1, 0.15) is 78.3 Å². The van der Waals surface area contributed by atoms with Gasteiger partial charge in [-0.15, -0.1) is 0 Å².